The van der Waals surface area contributed by atoms with E-state index in [1.54, 1.807) is 7.11 Å². The van der Waals surface area contributed by atoms with Crippen molar-refractivity contribution < 1.29 is 4.74 Å². The molecule has 0 atom stereocenters. The Labute approximate surface area is 181 Å². The van der Waals surface area contributed by atoms with E-state index in [2.05, 4.69) is 98.5 Å². The summed E-state index contributed by atoms with van der Waals surface area (Å²) in [6, 6.07) is 21.2. The SMILES string of the molecule is COc1ccc2ccccc2c1CN1CCN(C/C=C/c2cccc(Br)c2)CC1. The highest BCUT2D eigenvalue weighted by Crippen LogP contribution is 2.29. The Balaban J connectivity index is 1.35. The van der Waals surface area contributed by atoms with Gasteiger partial charge in [0.25, 0.3) is 0 Å². The second kappa shape index (κ2) is 9.57. The first-order valence-corrected chi connectivity index (χ1v) is 10.9. The zero-order valence-corrected chi connectivity index (χ0v) is 18.4. The Hall–Kier alpha value is -2.14. The van der Waals surface area contributed by atoms with Crippen LogP contribution < -0.4 is 4.74 Å². The van der Waals surface area contributed by atoms with Gasteiger partial charge in [-0.1, -0.05) is 70.5 Å². The fourth-order valence-electron chi connectivity index (χ4n) is 3.97. The molecule has 0 N–H and O–H groups in total. The van der Waals surface area contributed by atoms with Crippen molar-refractivity contribution in [3.63, 3.8) is 0 Å². The van der Waals surface area contributed by atoms with E-state index in [0.29, 0.717) is 0 Å². The number of nitrogens with zero attached hydrogens (tertiary/aromatic N) is 2. The van der Waals surface area contributed by atoms with E-state index in [9.17, 15) is 0 Å². The highest BCUT2D eigenvalue weighted by atomic mass is 79.9. The van der Waals surface area contributed by atoms with Crippen LogP contribution in [0.2, 0.25) is 0 Å². The van der Waals surface area contributed by atoms with Crippen molar-refractivity contribution in [1.82, 2.24) is 9.80 Å². The van der Waals surface area contributed by atoms with Crippen molar-refractivity contribution in [3.05, 3.63) is 82.3 Å². The lowest BCUT2D eigenvalue weighted by atomic mass is 10.0. The van der Waals surface area contributed by atoms with Crippen LogP contribution in [0.4, 0.5) is 0 Å². The van der Waals surface area contributed by atoms with Gasteiger partial charge in [-0.2, -0.15) is 0 Å². The minimum atomic E-state index is 0.937. The van der Waals surface area contributed by atoms with Crippen LogP contribution in [0.25, 0.3) is 16.8 Å². The van der Waals surface area contributed by atoms with Gasteiger partial charge in [-0.15, -0.1) is 0 Å². The molecule has 150 valence electrons. The Kier molecular flexibility index (Phi) is 6.65. The van der Waals surface area contributed by atoms with Crippen LogP contribution in [0.15, 0.2) is 71.2 Å². The number of piperazine rings is 1. The second-order valence-electron chi connectivity index (χ2n) is 7.50. The quantitative estimate of drug-likeness (QED) is 0.496. The Bertz CT molecular complexity index is 993. The van der Waals surface area contributed by atoms with Gasteiger partial charge in [0.2, 0.25) is 0 Å². The zero-order valence-electron chi connectivity index (χ0n) is 16.9. The van der Waals surface area contributed by atoms with Crippen LogP contribution in [0.3, 0.4) is 0 Å². The minimum absolute atomic E-state index is 0.937. The molecule has 0 spiro atoms. The normalized spacial score (nSPS) is 15.9. The molecular weight excluding hydrogens is 424 g/mol. The van der Waals surface area contributed by atoms with Gasteiger partial charge in [0.05, 0.1) is 7.11 Å². The van der Waals surface area contributed by atoms with E-state index in [4.69, 9.17) is 4.74 Å². The molecule has 4 heteroatoms. The van der Waals surface area contributed by atoms with Gasteiger partial charge in [-0.3, -0.25) is 9.80 Å². The molecule has 3 nitrogen and oxygen atoms in total. The lowest BCUT2D eigenvalue weighted by Crippen LogP contribution is -2.45. The first kappa shape index (κ1) is 20.1. The number of hydrogen-bond acceptors (Lipinski definition) is 3. The lowest BCUT2D eigenvalue weighted by Gasteiger charge is -2.34. The average molecular weight is 451 g/mol. The Morgan fingerprint density at radius 2 is 1.72 bits per heavy atom. The predicted octanol–water partition coefficient (Wildman–Crippen LogP) is 5.44. The molecule has 0 radical (unpaired) electrons. The standard InChI is InChI=1S/C25H27BrN2O/c1-29-25-12-11-21-8-2-3-10-23(21)24(25)19-28-16-14-27(15-17-28)13-5-7-20-6-4-9-22(26)18-20/h2-12,18H,13-17,19H2,1H3/b7-5+. The van der Waals surface area contributed by atoms with E-state index in [1.165, 1.54) is 21.9 Å². The summed E-state index contributed by atoms with van der Waals surface area (Å²) >= 11 is 3.53. The highest BCUT2D eigenvalue weighted by molar-refractivity contribution is 9.10. The number of hydrogen-bond donors (Lipinski definition) is 0. The third kappa shape index (κ3) is 5.08. The molecule has 1 aliphatic heterocycles. The van der Waals surface area contributed by atoms with Gasteiger partial charge in [-0.05, 0) is 34.5 Å². The van der Waals surface area contributed by atoms with Crippen molar-refractivity contribution in [1.29, 1.82) is 0 Å². The summed E-state index contributed by atoms with van der Waals surface area (Å²) in [5.41, 5.74) is 2.54. The molecule has 0 bridgehead atoms. The number of fused-ring (bicyclic) bond motifs is 1. The van der Waals surface area contributed by atoms with Crippen LogP contribution in [-0.2, 0) is 6.54 Å². The van der Waals surface area contributed by atoms with E-state index in [0.717, 1.165) is 49.5 Å². The molecule has 1 fully saturated rings. The van der Waals surface area contributed by atoms with Crippen LogP contribution in [0.5, 0.6) is 5.75 Å². The number of halogens is 1. The Morgan fingerprint density at radius 3 is 2.52 bits per heavy atom. The molecule has 0 unspecified atom stereocenters. The highest BCUT2D eigenvalue weighted by Gasteiger charge is 2.18. The van der Waals surface area contributed by atoms with Gasteiger partial charge >= 0.3 is 0 Å². The number of benzene rings is 3. The molecule has 0 amide bonds. The van der Waals surface area contributed by atoms with E-state index in [1.807, 2.05) is 0 Å². The maximum absolute atomic E-state index is 5.67. The predicted molar refractivity (Wildman–Crippen MR) is 125 cm³/mol. The maximum Gasteiger partial charge on any atom is 0.123 e. The zero-order chi connectivity index (χ0) is 20.1. The summed E-state index contributed by atoms with van der Waals surface area (Å²) in [5, 5.41) is 2.57. The summed E-state index contributed by atoms with van der Waals surface area (Å²) < 4.78 is 6.79. The summed E-state index contributed by atoms with van der Waals surface area (Å²) in [4.78, 5) is 5.06. The lowest BCUT2D eigenvalue weighted by molar-refractivity contribution is 0.136. The largest absolute Gasteiger partial charge is 0.496 e. The smallest absolute Gasteiger partial charge is 0.123 e. The molecule has 29 heavy (non-hydrogen) atoms. The van der Waals surface area contributed by atoms with Gasteiger partial charge in [0, 0.05) is 49.3 Å². The summed E-state index contributed by atoms with van der Waals surface area (Å²) in [6.45, 7) is 6.28. The van der Waals surface area contributed by atoms with E-state index >= 15 is 0 Å². The number of rotatable bonds is 6. The summed E-state index contributed by atoms with van der Waals surface area (Å²) in [5.74, 6) is 0.989. The average Bonchev–Trinajstić information content (AvgIpc) is 2.75. The Morgan fingerprint density at radius 1 is 0.931 bits per heavy atom. The third-order valence-corrected chi connectivity index (χ3v) is 6.08. The van der Waals surface area contributed by atoms with E-state index in [-0.39, 0.29) is 0 Å². The van der Waals surface area contributed by atoms with Crippen molar-refractivity contribution in [2.24, 2.45) is 0 Å². The molecule has 1 heterocycles. The fourth-order valence-corrected chi connectivity index (χ4v) is 4.39. The maximum atomic E-state index is 5.67. The number of ether oxygens (including phenoxy) is 1. The van der Waals surface area contributed by atoms with Gasteiger partial charge in [0.1, 0.15) is 5.75 Å². The van der Waals surface area contributed by atoms with Gasteiger partial charge in [0.15, 0.2) is 0 Å². The molecule has 3 aromatic rings. The molecule has 4 rings (SSSR count). The van der Waals surface area contributed by atoms with Crippen LogP contribution >= 0.6 is 15.9 Å². The molecular formula is C25H27BrN2O. The minimum Gasteiger partial charge on any atom is -0.496 e. The second-order valence-corrected chi connectivity index (χ2v) is 8.42. The summed E-state index contributed by atoms with van der Waals surface area (Å²) in [6.07, 6.45) is 4.48. The van der Waals surface area contributed by atoms with Crippen LogP contribution in [-0.4, -0.2) is 49.6 Å². The molecule has 3 aromatic carbocycles. The first-order valence-electron chi connectivity index (χ1n) is 10.1. The third-order valence-electron chi connectivity index (χ3n) is 5.59. The van der Waals surface area contributed by atoms with Crippen molar-refractivity contribution in [3.8, 4) is 5.75 Å². The molecule has 0 saturated carbocycles. The van der Waals surface area contributed by atoms with Crippen LogP contribution in [0.1, 0.15) is 11.1 Å². The molecule has 0 aromatic heterocycles. The summed E-state index contributed by atoms with van der Waals surface area (Å²) in [7, 11) is 1.77. The van der Waals surface area contributed by atoms with Crippen molar-refractivity contribution in [2.75, 3.05) is 39.8 Å². The molecule has 1 aliphatic rings. The monoisotopic (exact) mass is 450 g/mol. The topological polar surface area (TPSA) is 15.7 Å². The van der Waals surface area contributed by atoms with E-state index < -0.39 is 0 Å². The first-order chi connectivity index (χ1) is 14.2. The van der Waals surface area contributed by atoms with Gasteiger partial charge in [-0.25, -0.2) is 0 Å². The van der Waals surface area contributed by atoms with Crippen molar-refractivity contribution in [2.45, 2.75) is 6.54 Å². The number of methoxy groups -OCH3 is 1. The van der Waals surface area contributed by atoms with Crippen molar-refractivity contribution >= 4 is 32.8 Å². The molecule has 1 saturated heterocycles. The van der Waals surface area contributed by atoms with Crippen LogP contribution in [0, 0.1) is 0 Å². The fraction of sp³-hybridized carbons (Fsp3) is 0.280. The molecule has 0 aliphatic carbocycles. The van der Waals surface area contributed by atoms with Gasteiger partial charge < -0.3 is 4.74 Å².